The molecule has 0 radical (unpaired) electrons. The molecular weight excluding hydrogens is 364 g/mol. The van der Waals surface area contributed by atoms with Gasteiger partial charge in [-0.3, -0.25) is 4.68 Å². The van der Waals surface area contributed by atoms with Gasteiger partial charge in [0.05, 0.1) is 5.69 Å². The van der Waals surface area contributed by atoms with Gasteiger partial charge in [-0.25, -0.2) is 0 Å². The van der Waals surface area contributed by atoms with E-state index in [1.807, 2.05) is 0 Å². The topological polar surface area (TPSA) is 17.8 Å². The molecule has 1 aromatic heterocycles. The standard InChI is InChI=1S/C28H40N2/c1-26(2)16-30-23(25(26)28-13-20-6-21(14-28)8-22(7-20)15-28)9-24(29-30)27-10-17-3-18(11-27)5-19(4-17)12-27/h9,17-22,25H,3-8,10-16H2,1-2H3. The highest BCUT2D eigenvalue weighted by Crippen LogP contribution is 2.69. The third-order valence-electron chi connectivity index (χ3n) is 11.7. The van der Waals surface area contributed by atoms with E-state index in [2.05, 4.69) is 24.6 Å². The third-order valence-corrected chi connectivity index (χ3v) is 11.7. The largest absolute Gasteiger partial charge is 0.268 e. The molecule has 0 aromatic carbocycles. The van der Waals surface area contributed by atoms with E-state index in [-0.39, 0.29) is 0 Å². The third kappa shape index (κ3) is 2.20. The molecule has 2 heterocycles. The zero-order valence-corrected chi connectivity index (χ0v) is 19.2. The number of fused-ring (bicyclic) bond motifs is 1. The summed E-state index contributed by atoms with van der Waals surface area (Å²) >= 11 is 0. The number of aromatic nitrogens is 2. The molecule has 9 aliphatic rings. The van der Waals surface area contributed by atoms with E-state index in [4.69, 9.17) is 5.10 Å². The molecule has 8 aliphatic carbocycles. The average Bonchev–Trinajstić information content (AvgIpc) is 3.12. The van der Waals surface area contributed by atoms with E-state index >= 15 is 0 Å². The van der Waals surface area contributed by atoms with Crippen LogP contribution in [0.2, 0.25) is 0 Å². The fraction of sp³-hybridized carbons (Fsp3) is 0.893. The molecular formula is C28H40N2. The smallest absolute Gasteiger partial charge is 0.0689 e. The number of nitrogens with zero attached hydrogens (tertiary/aromatic N) is 2. The van der Waals surface area contributed by atoms with Crippen molar-refractivity contribution in [3.8, 4) is 0 Å². The van der Waals surface area contributed by atoms with Crippen LogP contribution in [0.3, 0.4) is 0 Å². The summed E-state index contributed by atoms with van der Waals surface area (Å²) < 4.78 is 2.54. The zero-order valence-electron chi connectivity index (χ0n) is 19.2. The van der Waals surface area contributed by atoms with Crippen molar-refractivity contribution in [2.24, 2.45) is 46.3 Å². The van der Waals surface area contributed by atoms with E-state index in [0.717, 1.165) is 41.4 Å². The van der Waals surface area contributed by atoms with Gasteiger partial charge in [0.25, 0.3) is 0 Å². The van der Waals surface area contributed by atoms with Crippen LogP contribution < -0.4 is 0 Å². The number of hydrogen-bond donors (Lipinski definition) is 0. The highest BCUT2D eigenvalue weighted by atomic mass is 15.3. The van der Waals surface area contributed by atoms with Gasteiger partial charge in [-0.05, 0) is 129 Å². The van der Waals surface area contributed by atoms with E-state index in [1.165, 1.54) is 64.3 Å². The summed E-state index contributed by atoms with van der Waals surface area (Å²) in [5.41, 5.74) is 4.66. The second-order valence-electron chi connectivity index (χ2n) is 14.5. The highest BCUT2D eigenvalue weighted by Gasteiger charge is 2.61. The Bertz CT molecular complexity index is 833. The second-order valence-corrected chi connectivity index (χ2v) is 14.5. The molecule has 30 heavy (non-hydrogen) atoms. The van der Waals surface area contributed by atoms with Crippen molar-refractivity contribution in [2.45, 2.75) is 109 Å². The van der Waals surface area contributed by atoms with Gasteiger partial charge in [0.15, 0.2) is 0 Å². The average molecular weight is 405 g/mol. The van der Waals surface area contributed by atoms with Gasteiger partial charge in [-0.2, -0.15) is 5.10 Å². The Morgan fingerprint density at radius 2 is 1.20 bits per heavy atom. The van der Waals surface area contributed by atoms with E-state index < -0.39 is 0 Å². The van der Waals surface area contributed by atoms with E-state index in [1.54, 1.807) is 30.7 Å². The fourth-order valence-electron chi connectivity index (χ4n) is 12.0. The second kappa shape index (κ2) is 5.40. The molecule has 1 unspecified atom stereocenters. The van der Waals surface area contributed by atoms with Crippen molar-refractivity contribution < 1.29 is 0 Å². The fourth-order valence-corrected chi connectivity index (χ4v) is 12.0. The molecule has 162 valence electrons. The van der Waals surface area contributed by atoms with Crippen LogP contribution in [-0.2, 0) is 12.0 Å². The summed E-state index contributed by atoms with van der Waals surface area (Å²) in [6, 6.07) is 2.70. The SMILES string of the molecule is CC1(C)Cn2nc(C34CC5CC(CC(C5)C3)C4)cc2C1C12CC3CC(CC(C3)C1)C2. The van der Waals surface area contributed by atoms with Crippen molar-refractivity contribution in [2.75, 3.05) is 0 Å². The minimum atomic E-state index is 0.383. The van der Waals surface area contributed by atoms with Crippen LogP contribution in [0.1, 0.15) is 108 Å². The van der Waals surface area contributed by atoms with Crippen molar-refractivity contribution >= 4 is 0 Å². The highest BCUT2D eigenvalue weighted by molar-refractivity contribution is 5.32. The number of hydrogen-bond acceptors (Lipinski definition) is 1. The maximum atomic E-state index is 5.47. The Hall–Kier alpha value is -0.790. The van der Waals surface area contributed by atoms with Crippen LogP contribution in [0.25, 0.3) is 0 Å². The minimum absolute atomic E-state index is 0.383. The van der Waals surface area contributed by atoms with Gasteiger partial charge < -0.3 is 0 Å². The quantitative estimate of drug-likeness (QED) is 0.537. The Kier molecular flexibility index (Phi) is 3.19. The molecule has 1 aromatic rings. The number of rotatable bonds is 2. The molecule has 0 amide bonds. The molecule has 2 nitrogen and oxygen atoms in total. The van der Waals surface area contributed by atoms with Gasteiger partial charge in [0.2, 0.25) is 0 Å². The van der Waals surface area contributed by atoms with Crippen LogP contribution in [0.5, 0.6) is 0 Å². The first-order valence-corrected chi connectivity index (χ1v) is 13.5. The van der Waals surface area contributed by atoms with E-state index in [9.17, 15) is 0 Å². The molecule has 1 aliphatic heterocycles. The van der Waals surface area contributed by atoms with Crippen LogP contribution in [0.4, 0.5) is 0 Å². The lowest BCUT2D eigenvalue weighted by Crippen LogP contribution is -2.51. The summed E-state index contributed by atoms with van der Waals surface area (Å²) in [7, 11) is 0. The molecule has 1 atom stereocenters. The van der Waals surface area contributed by atoms with Crippen molar-refractivity contribution in [3.63, 3.8) is 0 Å². The van der Waals surface area contributed by atoms with Crippen molar-refractivity contribution in [1.82, 2.24) is 9.78 Å². The van der Waals surface area contributed by atoms with Gasteiger partial charge in [-0.15, -0.1) is 0 Å². The summed E-state index contributed by atoms with van der Waals surface area (Å²) in [4.78, 5) is 0. The minimum Gasteiger partial charge on any atom is -0.268 e. The molecule has 10 rings (SSSR count). The predicted octanol–water partition coefficient (Wildman–Crippen LogP) is 6.69. The molecule has 0 saturated heterocycles. The maximum Gasteiger partial charge on any atom is 0.0689 e. The molecule has 8 bridgehead atoms. The van der Waals surface area contributed by atoms with E-state index in [0.29, 0.717) is 16.2 Å². The van der Waals surface area contributed by atoms with Gasteiger partial charge in [-0.1, -0.05) is 13.8 Å². The van der Waals surface area contributed by atoms with Gasteiger partial charge >= 0.3 is 0 Å². The molecule has 0 N–H and O–H groups in total. The Balaban J connectivity index is 1.21. The Morgan fingerprint density at radius 3 is 1.70 bits per heavy atom. The van der Waals surface area contributed by atoms with Crippen LogP contribution in [0, 0.1) is 46.3 Å². The van der Waals surface area contributed by atoms with Crippen LogP contribution in [0.15, 0.2) is 6.07 Å². The normalized spacial score (nSPS) is 54.1. The summed E-state index contributed by atoms with van der Waals surface area (Å²) in [5.74, 6) is 6.95. The van der Waals surface area contributed by atoms with Crippen LogP contribution in [-0.4, -0.2) is 9.78 Å². The summed E-state index contributed by atoms with van der Waals surface area (Å²) in [5, 5.41) is 5.47. The molecule has 0 spiro atoms. The Morgan fingerprint density at radius 1 is 0.733 bits per heavy atom. The van der Waals surface area contributed by atoms with Crippen molar-refractivity contribution in [1.29, 1.82) is 0 Å². The van der Waals surface area contributed by atoms with Crippen molar-refractivity contribution in [3.05, 3.63) is 17.5 Å². The zero-order chi connectivity index (χ0) is 19.9. The first kappa shape index (κ1) is 17.7. The monoisotopic (exact) mass is 404 g/mol. The Labute approximate surface area is 182 Å². The molecule has 8 fully saturated rings. The predicted molar refractivity (Wildman–Crippen MR) is 119 cm³/mol. The lowest BCUT2D eigenvalue weighted by molar-refractivity contribution is -0.0869. The lowest BCUT2D eigenvalue weighted by atomic mass is 9.44. The first-order valence-electron chi connectivity index (χ1n) is 13.5. The molecule has 8 saturated carbocycles. The summed E-state index contributed by atoms with van der Waals surface area (Å²) in [6.07, 6.45) is 18.3. The summed E-state index contributed by atoms with van der Waals surface area (Å²) in [6.45, 7) is 6.33. The lowest BCUT2D eigenvalue weighted by Gasteiger charge is -2.61. The first-order chi connectivity index (χ1) is 14.4. The van der Waals surface area contributed by atoms with Crippen LogP contribution >= 0.6 is 0 Å². The molecule has 2 heteroatoms. The maximum absolute atomic E-state index is 5.47. The van der Waals surface area contributed by atoms with Gasteiger partial charge in [0.1, 0.15) is 0 Å². The van der Waals surface area contributed by atoms with Gasteiger partial charge in [0, 0.05) is 23.6 Å².